The van der Waals surface area contributed by atoms with E-state index in [2.05, 4.69) is 57.4 Å². The average Bonchev–Trinajstić information content (AvgIpc) is 3.40. The molecule has 1 aliphatic carbocycles. The lowest BCUT2D eigenvalue weighted by Crippen LogP contribution is -2.54. The third kappa shape index (κ3) is 5.14. The van der Waals surface area contributed by atoms with Crippen LogP contribution < -0.4 is 5.73 Å². The molecule has 0 spiro atoms. The minimum Gasteiger partial charge on any atom is -0.449 e. The summed E-state index contributed by atoms with van der Waals surface area (Å²) in [5.41, 5.74) is 12.1. The highest BCUT2D eigenvalue weighted by Gasteiger charge is 2.47. The van der Waals surface area contributed by atoms with Gasteiger partial charge in [-0.05, 0) is 69.3 Å². The number of esters is 1. The predicted octanol–water partition coefficient (Wildman–Crippen LogP) is 5.08. The molecule has 0 bridgehead atoms. The van der Waals surface area contributed by atoms with Crippen LogP contribution in [0.4, 0.5) is 0 Å². The molecular formula is C34H34N6O3. The number of carbonyl (C=O) groups is 2. The summed E-state index contributed by atoms with van der Waals surface area (Å²) in [5.74, 6) is -0.992. The lowest BCUT2D eigenvalue weighted by molar-refractivity contribution is -0.181. The summed E-state index contributed by atoms with van der Waals surface area (Å²) >= 11 is 0. The second-order valence-electron chi connectivity index (χ2n) is 11.9. The number of amides is 1. The van der Waals surface area contributed by atoms with Crippen LogP contribution in [0, 0.1) is 12.8 Å². The molecule has 1 saturated carbocycles. The maximum atomic E-state index is 12.8. The zero-order chi connectivity index (χ0) is 29.6. The first kappa shape index (κ1) is 27.2. The van der Waals surface area contributed by atoms with Gasteiger partial charge in [-0.25, -0.2) is 9.97 Å². The number of primary amides is 1. The fourth-order valence-corrected chi connectivity index (χ4v) is 6.24. The van der Waals surface area contributed by atoms with Gasteiger partial charge >= 0.3 is 5.97 Å². The van der Waals surface area contributed by atoms with Gasteiger partial charge in [0.2, 0.25) is 0 Å². The molecule has 43 heavy (non-hydrogen) atoms. The van der Waals surface area contributed by atoms with Crippen LogP contribution in [-0.2, 0) is 20.9 Å². The summed E-state index contributed by atoms with van der Waals surface area (Å²) < 4.78 is 7.45. The van der Waals surface area contributed by atoms with Gasteiger partial charge in [-0.1, -0.05) is 54.6 Å². The molecule has 5 aromatic rings. The van der Waals surface area contributed by atoms with Gasteiger partial charge in [-0.3, -0.25) is 14.5 Å². The number of carbonyl (C=O) groups excluding carboxylic acids is 2. The SMILES string of the molecule is Cc1cc2ncc3cc(-c4ccccc4)c(-c4ccc(CN5CCC(C(=O)OC6(C(N)=O)CCC6)CC5)cc4)nc3n2n1. The van der Waals surface area contributed by atoms with Crippen LogP contribution in [0.1, 0.15) is 43.4 Å². The Morgan fingerprint density at radius 3 is 2.42 bits per heavy atom. The van der Waals surface area contributed by atoms with Crippen LogP contribution >= 0.6 is 0 Å². The van der Waals surface area contributed by atoms with Crippen molar-refractivity contribution >= 4 is 28.6 Å². The number of ether oxygens (including phenoxy) is 1. The number of nitrogens with zero attached hydrogens (tertiary/aromatic N) is 5. The number of rotatable bonds is 7. The van der Waals surface area contributed by atoms with Gasteiger partial charge < -0.3 is 10.5 Å². The second kappa shape index (κ2) is 10.9. The van der Waals surface area contributed by atoms with E-state index in [4.69, 9.17) is 15.5 Å². The summed E-state index contributed by atoms with van der Waals surface area (Å²) in [7, 11) is 0. The number of piperidine rings is 1. The molecule has 2 fully saturated rings. The Kier molecular flexibility index (Phi) is 6.89. The van der Waals surface area contributed by atoms with E-state index in [0.29, 0.717) is 25.7 Å². The van der Waals surface area contributed by atoms with E-state index in [-0.39, 0.29) is 11.9 Å². The second-order valence-corrected chi connectivity index (χ2v) is 11.9. The average molecular weight is 575 g/mol. The van der Waals surface area contributed by atoms with Crippen molar-refractivity contribution in [2.75, 3.05) is 13.1 Å². The fourth-order valence-electron chi connectivity index (χ4n) is 6.24. The van der Waals surface area contributed by atoms with Crippen LogP contribution in [0.15, 0.2) is 72.9 Å². The van der Waals surface area contributed by atoms with Crippen LogP contribution in [0.5, 0.6) is 0 Å². The van der Waals surface area contributed by atoms with E-state index >= 15 is 0 Å². The molecule has 3 aromatic heterocycles. The Hall–Kier alpha value is -4.63. The summed E-state index contributed by atoms with van der Waals surface area (Å²) in [4.78, 5) is 36.7. The summed E-state index contributed by atoms with van der Waals surface area (Å²) in [6.07, 6.45) is 5.23. The zero-order valence-electron chi connectivity index (χ0n) is 24.2. The molecule has 218 valence electrons. The number of hydrogen-bond acceptors (Lipinski definition) is 7. The number of pyridine rings is 1. The minimum absolute atomic E-state index is 0.189. The van der Waals surface area contributed by atoms with Gasteiger partial charge in [0.1, 0.15) is 0 Å². The fraction of sp³-hybridized carbons (Fsp3) is 0.324. The Labute approximate surface area is 249 Å². The maximum Gasteiger partial charge on any atom is 0.310 e. The minimum atomic E-state index is -1.07. The van der Waals surface area contributed by atoms with Crippen molar-refractivity contribution in [3.05, 3.63) is 84.2 Å². The van der Waals surface area contributed by atoms with Crippen molar-refractivity contribution in [1.82, 2.24) is 24.5 Å². The molecule has 9 heteroatoms. The lowest BCUT2D eigenvalue weighted by atomic mass is 9.79. The standard InChI is InChI=1S/C34H34N6O3/c1-22-18-29-36-20-27-19-28(24-6-3-2-4-7-24)30(37-31(27)40(29)38-22)25-10-8-23(9-11-25)21-39-16-12-26(13-17-39)32(41)43-34(33(35)42)14-5-15-34/h2-4,6-11,18-20,26H,5,12-17,21H2,1H3,(H2,35,42). The van der Waals surface area contributed by atoms with Crippen molar-refractivity contribution < 1.29 is 14.3 Å². The molecule has 0 radical (unpaired) electrons. The number of aryl methyl sites for hydroxylation is 1. The molecule has 2 aromatic carbocycles. The van der Waals surface area contributed by atoms with Crippen LogP contribution in [-0.4, -0.2) is 55.0 Å². The van der Waals surface area contributed by atoms with E-state index in [1.165, 1.54) is 5.56 Å². The number of fused-ring (bicyclic) bond motifs is 3. The first-order valence-corrected chi connectivity index (χ1v) is 14.9. The highest BCUT2D eigenvalue weighted by molar-refractivity contribution is 5.91. The molecule has 1 saturated heterocycles. The zero-order valence-corrected chi connectivity index (χ0v) is 24.2. The Balaban J connectivity index is 1.09. The smallest absolute Gasteiger partial charge is 0.310 e. The number of hydrogen-bond donors (Lipinski definition) is 1. The van der Waals surface area contributed by atoms with E-state index in [1.807, 2.05) is 41.9 Å². The van der Waals surface area contributed by atoms with Crippen molar-refractivity contribution in [2.24, 2.45) is 11.7 Å². The van der Waals surface area contributed by atoms with Crippen LogP contribution in [0.25, 0.3) is 39.1 Å². The van der Waals surface area contributed by atoms with E-state index in [9.17, 15) is 9.59 Å². The molecule has 2 N–H and O–H groups in total. The van der Waals surface area contributed by atoms with Gasteiger partial charge in [0.15, 0.2) is 16.9 Å². The molecule has 0 atom stereocenters. The van der Waals surface area contributed by atoms with E-state index < -0.39 is 11.5 Å². The number of benzene rings is 2. The molecule has 4 heterocycles. The number of aromatic nitrogens is 4. The number of nitrogens with two attached hydrogens (primary N) is 1. The monoisotopic (exact) mass is 574 g/mol. The Bertz CT molecular complexity index is 1820. The Morgan fingerprint density at radius 1 is 1.00 bits per heavy atom. The Morgan fingerprint density at radius 2 is 1.74 bits per heavy atom. The molecule has 2 aliphatic rings. The topological polar surface area (TPSA) is 116 Å². The highest BCUT2D eigenvalue weighted by Crippen LogP contribution is 2.37. The van der Waals surface area contributed by atoms with Crippen molar-refractivity contribution in [1.29, 1.82) is 0 Å². The first-order chi connectivity index (χ1) is 20.9. The quantitative estimate of drug-likeness (QED) is 0.270. The van der Waals surface area contributed by atoms with Crippen molar-refractivity contribution in [2.45, 2.75) is 51.2 Å². The maximum absolute atomic E-state index is 12.8. The summed E-state index contributed by atoms with van der Waals surface area (Å²) in [5, 5.41) is 5.57. The van der Waals surface area contributed by atoms with Crippen LogP contribution in [0.3, 0.4) is 0 Å². The third-order valence-corrected chi connectivity index (χ3v) is 8.93. The van der Waals surface area contributed by atoms with Gasteiger partial charge in [-0.15, -0.1) is 0 Å². The summed E-state index contributed by atoms with van der Waals surface area (Å²) in [6.45, 7) is 4.34. The predicted molar refractivity (Wildman–Crippen MR) is 164 cm³/mol. The first-order valence-electron chi connectivity index (χ1n) is 14.9. The van der Waals surface area contributed by atoms with E-state index in [1.54, 1.807) is 0 Å². The third-order valence-electron chi connectivity index (χ3n) is 8.93. The molecule has 7 rings (SSSR count). The van der Waals surface area contributed by atoms with Gasteiger partial charge in [0.25, 0.3) is 5.91 Å². The molecule has 1 aliphatic heterocycles. The lowest BCUT2D eigenvalue weighted by Gasteiger charge is -2.39. The molecular weight excluding hydrogens is 540 g/mol. The number of likely N-dealkylation sites (tertiary alicyclic amines) is 1. The largest absolute Gasteiger partial charge is 0.449 e. The van der Waals surface area contributed by atoms with Gasteiger partial charge in [0, 0.05) is 35.3 Å². The van der Waals surface area contributed by atoms with Gasteiger partial charge in [-0.2, -0.15) is 9.61 Å². The van der Waals surface area contributed by atoms with Gasteiger partial charge in [0.05, 0.1) is 17.3 Å². The molecule has 0 unspecified atom stereocenters. The van der Waals surface area contributed by atoms with E-state index in [0.717, 1.165) is 70.8 Å². The van der Waals surface area contributed by atoms with Crippen molar-refractivity contribution in [3.8, 4) is 22.4 Å². The molecule has 1 amide bonds. The van der Waals surface area contributed by atoms with Crippen molar-refractivity contribution in [3.63, 3.8) is 0 Å². The molecule has 9 nitrogen and oxygen atoms in total. The normalized spacial score (nSPS) is 17.1. The summed E-state index contributed by atoms with van der Waals surface area (Å²) in [6, 6.07) is 23.0. The van der Waals surface area contributed by atoms with Crippen LogP contribution in [0.2, 0.25) is 0 Å². The highest BCUT2D eigenvalue weighted by atomic mass is 16.6.